The van der Waals surface area contributed by atoms with Crippen LogP contribution in [0.3, 0.4) is 0 Å². The number of hydrogen-bond donors (Lipinski definition) is 2. The molecule has 1 amide bonds. The van der Waals surface area contributed by atoms with Gasteiger partial charge in [-0.25, -0.2) is 4.98 Å². The number of amides is 1. The largest absolute Gasteiger partial charge is 0.384 e. The first-order valence-electron chi connectivity index (χ1n) is 5.80. The first-order chi connectivity index (χ1) is 9.19. The second-order valence-corrected chi connectivity index (χ2v) is 4.06. The van der Waals surface area contributed by atoms with Crippen molar-refractivity contribution >= 4 is 17.4 Å². The summed E-state index contributed by atoms with van der Waals surface area (Å²) < 4.78 is 5.05. The molecule has 0 aliphatic heterocycles. The fourth-order valence-corrected chi connectivity index (χ4v) is 1.70. The number of ether oxygens (including phenoxy) is 1. The van der Waals surface area contributed by atoms with E-state index in [1.54, 1.807) is 13.2 Å². The first kappa shape index (κ1) is 13.0. The second-order valence-electron chi connectivity index (χ2n) is 4.06. The Hall–Kier alpha value is -2.40. The van der Waals surface area contributed by atoms with Crippen molar-refractivity contribution in [1.82, 2.24) is 4.98 Å². The second kappa shape index (κ2) is 5.97. The Balaban J connectivity index is 2.12. The molecular formula is C14H15N3O2. The van der Waals surface area contributed by atoms with Crippen LogP contribution in [0.25, 0.3) is 0 Å². The van der Waals surface area contributed by atoms with Gasteiger partial charge in [0.1, 0.15) is 5.82 Å². The highest BCUT2D eigenvalue weighted by molar-refractivity contribution is 6.04. The van der Waals surface area contributed by atoms with E-state index in [4.69, 9.17) is 10.5 Å². The van der Waals surface area contributed by atoms with Crippen LogP contribution in [0.5, 0.6) is 0 Å². The van der Waals surface area contributed by atoms with Crippen LogP contribution < -0.4 is 11.1 Å². The smallest absolute Gasteiger partial charge is 0.255 e. The predicted octanol–water partition coefficient (Wildman–Crippen LogP) is 2.06. The number of rotatable bonds is 4. The number of nitrogens with two attached hydrogens (primary N) is 1. The summed E-state index contributed by atoms with van der Waals surface area (Å²) in [4.78, 5) is 15.9. The number of pyridine rings is 1. The van der Waals surface area contributed by atoms with Crippen molar-refractivity contribution in [2.45, 2.75) is 6.61 Å². The van der Waals surface area contributed by atoms with Crippen LogP contribution in [-0.2, 0) is 11.3 Å². The van der Waals surface area contributed by atoms with Crippen LogP contribution in [-0.4, -0.2) is 18.0 Å². The van der Waals surface area contributed by atoms with Crippen LogP contribution in [0.15, 0.2) is 42.6 Å². The zero-order valence-corrected chi connectivity index (χ0v) is 10.6. The highest BCUT2D eigenvalue weighted by Crippen LogP contribution is 2.13. The normalized spacial score (nSPS) is 10.2. The molecule has 3 N–H and O–H groups in total. The molecule has 0 atom stereocenters. The SMILES string of the molecule is COCc1cccc(NC(=O)c2ccnc(N)c2)c1. The van der Waals surface area contributed by atoms with Gasteiger partial charge in [-0.05, 0) is 29.8 Å². The Bertz CT molecular complexity index is 584. The number of aromatic nitrogens is 1. The molecule has 0 spiro atoms. The minimum Gasteiger partial charge on any atom is -0.384 e. The number of nitrogen functional groups attached to an aromatic ring is 1. The van der Waals surface area contributed by atoms with Crippen LogP contribution in [0.2, 0.25) is 0 Å². The Morgan fingerprint density at radius 3 is 2.95 bits per heavy atom. The van der Waals surface area contributed by atoms with E-state index >= 15 is 0 Å². The molecule has 0 saturated carbocycles. The van der Waals surface area contributed by atoms with E-state index < -0.39 is 0 Å². The molecule has 0 unspecified atom stereocenters. The fraction of sp³-hybridized carbons (Fsp3) is 0.143. The van der Waals surface area contributed by atoms with E-state index in [2.05, 4.69) is 10.3 Å². The number of methoxy groups -OCH3 is 1. The Morgan fingerprint density at radius 2 is 2.21 bits per heavy atom. The van der Waals surface area contributed by atoms with Crippen LogP contribution in [0.1, 0.15) is 15.9 Å². The number of nitrogens with one attached hydrogen (secondary N) is 1. The zero-order chi connectivity index (χ0) is 13.7. The minimum absolute atomic E-state index is 0.219. The van der Waals surface area contributed by atoms with Crippen molar-refractivity contribution in [2.75, 3.05) is 18.2 Å². The number of carbonyl (C=O) groups excluding carboxylic acids is 1. The summed E-state index contributed by atoms with van der Waals surface area (Å²) in [5.41, 5.74) is 7.73. The lowest BCUT2D eigenvalue weighted by Crippen LogP contribution is -2.12. The molecule has 2 rings (SSSR count). The number of anilines is 2. The molecule has 0 bridgehead atoms. The monoisotopic (exact) mass is 257 g/mol. The van der Waals surface area contributed by atoms with Gasteiger partial charge >= 0.3 is 0 Å². The average molecular weight is 257 g/mol. The standard InChI is InChI=1S/C14H15N3O2/c1-19-9-10-3-2-4-12(7-10)17-14(18)11-5-6-16-13(15)8-11/h2-8H,9H2,1H3,(H2,15,16)(H,17,18). The summed E-state index contributed by atoms with van der Waals surface area (Å²) in [6, 6.07) is 10.6. The van der Waals surface area contributed by atoms with Gasteiger partial charge < -0.3 is 15.8 Å². The van der Waals surface area contributed by atoms with Crippen LogP contribution in [0.4, 0.5) is 11.5 Å². The molecule has 1 aromatic heterocycles. The maximum atomic E-state index is 12.0. The van der Waals surface area contributed by atoms with Gasteiger partial charge in [0, 0.05) is 24.6 Å². The van der Waals surface area contributed by atoms with Gasteiger partial charge in [-0.2, -0.15) is 0 Å². The Labute approximate surface area is 111 Å². The molecule has 19 heavy (non-hydrogen) atoms. The fourth-order valence-electron chi connectivity index (χ4n) is 1.70. The van der Waals surface area contributed by atoms with Gasteiger partial charge in [0.15, 0.2) is 0 Å². The quantitative estimate of drug-likeness (QED) is 0.879. The lowest BCUT2D eigenvalue weighted by atomic mass is 10.2. The maximum Gasteiger partial charge on any atom is 0.255 e. The average Bonchev–Trinajstić information content (AvgIpc) is 2.39. The third-order valence-corrected chi connectivity index (χ3v) is 2.54. The lowest BCUT2D eigenvalue weighted by Gasteiger charge is -2.07. The lowest BCUT2D eigenvalue weighted by molar-refractivity contribution is 0.102. The molecule has 98 valence electrons. The minimum atomic E-state index is -0.219. The van der Waals surface area contributed by atoms with E-state index in [9.17, 15) is 4.79 Å². The molecular weight excluding hydrogens is 242 g/mol. The van der Waals surface area contributed by atoms with Gasteiger partial charge in [-0.3, -0.25) is 4.79 Å². The third kappa shape index (κ3) is 3.53. The van der Waals surface area contributed by atoms with E-state index in [0.29, 0.717) is 18.0 Å². The number of nitrogens with zero attached hydrogens (tertiary/aromatic N) is 1. The molecule has 1 aromatic carbocycles. The van der Waals surface area contributed by atoms with E-state index in [0.717, 1.165) is 11.3 Å². The molecule has 5 nitrogen and oxygen atoms in total. The van der Waals surface area contributed by atoms with Crippen molar-refractivity contribution in [3.8, 4) is 0 Å². The molecule has 0 aliphatic carbocycles. The number of benzene rings is 1. The molecule has 0 aliphatic rings. The Kier molecular flexibility index (Phi) is 4.10. The van der Waals surface area contributed by atoms with Crippen LogP contribution >= 0.6 is 0 Å². The zero-order valence-electron chi connectivity index (χ0n) is 10.6. The van der Waals surface area contributed by atoms with Crippen molar-refractivity contribution < 1.29 is 9.53 Å². The van der Waals surface area contributed by atoms with Crippen molar-refractivity contribution in [3.05, 3.63) is 53.7 Å². The summed E-state index contributed by atoms with van der Waals surface area (Å²) in [5.74, 6) is 0.101. The summed E-state index contributed by atoms with van der Waals surface area (Å²) in [6.07, 6.45) is 1.51. The number of hydrogen-bond acceptors (Lipinski definition) is 4. The van der Waals surface area contributed by atoms with Crippen molar-refractivity contribution in [1.29, 1.82) is 0 Å². The third-order valence-electron chi connectivity index (χ3n) is 2.54. The van der Waals surface area contributed by atoms with Crippen LogP contribution in [0, 0.1) is 0 Å². The summed E-state index contributed by atoms with van der Waals surface area (Å²) >= 11 is 0. The topological polar surface area (TPSA) is 77.2 Å². The molecule has 0 fully saturated rings. The highest BCUT2D eigenvalue weighted by Gasteiger charge is 2.06. The molecule has 2 aromatic rings. The van der Waals surface area contributed by atoms with Crippen molar-refractivity contribution in [3.63, 3.8) is 0 Å². The van der Waals surface area contributed by atoms with E-state index in [1.165, 1.54) is 12.3 Å². The van der Waals surface area contributed by atoms with E-state index in [1.807, 2.05) is 24.3 Å². The molecule has 0 saturated heterocycles. The predicted molar refractivity (Wildman–Crippen MR) is 73.8 cm³/mol. The van der Waals surface area contributed by atoms with E-state index in [-0.39, 0.29) is 5.91 Å². The molecule has 1 heterocycles. The van der Waals surface area contributed by atoms with Gasteiger partial charge in [-0.1, -0.05) is 12.1 Å². The van der Waals surface area contributed by atoms with Gasteiger partial charge in [0.25, 0.3) is 5.91 Å². The van der Waals surface area contributed by atoms with Gasteiger partial charge in [0.2, 0.25) is 0 Å². The Morgan fingerprint density at radius 1 is 1.37 bits per heavy atom. The first-order valence-corrected chi connectivity index (χ1v) is 5.80. The van der Waals surface area contributed by atoms with Gasteiger partial charge in [0.05, 0.1) is 6.61 Å². The van der Waals surface area contributed by atoms with Crippen molar-refractivity contribution in [2.24, 2.45) is 0 Å². The molecule has 5 heteroatoms. The van der Waals surface area contributed by atoms with Gasteiger partial charge in [-0.15, -0.1) is 0 Å². The number of carbonyl (C=O) groups is 1. The summed E-state index contributed by atoms with van der Waals surface area (Å²) in [7, 11) is 1.63. The maximum absolute atomic E-state index is 12.0. The summed E-state index contributed by atoms with van der Waals surface area (Å²) in [6.45, 7) is 0.506. The highest BCUT2D eigenvalue weighted by atomic mass is 16.5. The molecule has 0 radical (unpaired) electrons. The summed E-state index contributed by atoms with van der Waals surface area (Å²) in [5, 5.41) is 2.81.